The van der Waals surface area contributed by atoms with E-state index >= 15 is 0 Å². The second-order valence-electron chi connectivity index (χ2n) is 3.83. The number of alkyl halides is 2. The van der Waals surface area contributed by atoms with Gasteiger partial charge in [-0.3, -0.25) is 4.79 Å². The average Bonchev–Trinajstić information content (AvgIpc) is 2.80. The number of carbonyl (C=O) groups excluding carboxylic acids is 1. The largest absolute Gasteiger partial charge is 0.346 e. The molecule has 0 saturated heterocycles. The van der Waals surface area contributed by atoms with Gasteiger partial charge in [0.25, 0.3) is 11.8 Å². The second-order valence-corrected chi connectivity index (χ2v) is 3.83. The maximum Gasteiger partial charge on any atom is 0.277 e. The number of halogens is 3. The number of amides is 1. The molecule has 0 aliphatic carbocycles. The van der Waals surface area contributed by atoms with Crippen LogP contribution in [0.3, 0.4) is 0 Å². The van der Waals surface area contributed by atoms with Crippen molar-refractivity contribution >= 4 is 23.8 Å². The monoisotopic (exact) mass is 290 g/mol. The summed E-state index contributed by atoms with van der Waals surface area (Å²) < 4.78 is 27.3. The van der Waals surface area contributed by atoms with E-state index in [2.05, 4.69) is 10.4 Å². The van der Waals surface area contributed by atoms with Gasteiger partial charge in [-0.2, -0.15) is 5.10 Å². The van der Waals surface area contributed by atoms with E-state index in [0.29, 0.717) is 5.52 Å². The summed E-state index contributed by atoms with van der Waals surface area (Å²) in [5.74, 6) is -3.69. The number of nitrogens with two attached hydrogens (primary N) is 1. The van der Waals surface area contributed by atoms with Crippen molar-refractivity contribution < 1.29 is 13.6 Å². The minimum atomic E-state index is -3.10. The van der Waals surface area contributed by atoms with Crippen LogP contribution in [0.5, 0.6) is 0 Å². The van der Waals surface area contributed by atoms with Crippen LogP contribution in [-0.2, 0) is 0 Å². The predicted molar refractivity (Wildman–Crippen MR) is 68.8 cm³/mol. The van der Waals surface area contributed by atoms with Crippen molar-refractivity contribution in [1.29, 1.82) is 0 Å². The van der Waals surface area contributed by atoms with Crippen LogP contribution >= 0.6 is 12.4 Å². The average molecular weight is 291 g/mol. The van der Waals surface area contributed by atoms with Crippen molar-refractivity contribution in [1.82, 2.24) is 14.9 Å². The Morgan fingerprint density at radius 1 is 1.47 bits per heavy atom. The number of carbonyl (C=O) groups is 1. The maximum absolute atomic E-state index is 12.9. The van der Waals surface area contributed by atoms with Gasteiger partial charge in [-0.25, -0.2) is 13.3 Å². The number of pyridine rings is 1. The van der Waals surface area contributed by atoms with E-state index in [1.807, 2.05) is 0 Å². The predicted octanol–water partition coefficient (Wildman–Crippen LogP) is 1.08. The molecular weight excluding hydrogens is 278 g/mol. The fraction of sp³-hybridized carbons (Fsp3) is 0.273. The Morgan fingerprint density at radius 2 is 2.21 bits per heavy atom. The van der Waals surface area contributed by atoms with Crippen molar-refractivity contribution in [2.75, 3.05) is 13.1 Å². The Morgan fingerprint density at radius 3 is 2.89 bits per heavy atom. The molecule has 0 bridgehead atoms. The molecule has 1 amide bonds. The van der Waals surface area contributed by atoms with Gasteiger partial charge in [0.2, 0.25) is 0 Å². The molecule has 104 valence electrons. The lowest BCUT2D eigenvalue weighted by Gasteiger charge is -2.14. The number of hydrogen-bond donors (Lipinski definition) is 2. The third-order valence-corrected chi connectivity index (χ3v) is 2.48. The minimum Gasteiger partial charge on any atom is -0.346 e. The van der Waals surface area contributed by atoms with Gasteiger partial charge in [0.15, 0.2) is 0 Å². The molecule has 2 aromatic heterocycles. The standard InChI is InChI=1S/C11H12F2N4O.ClH/c12-11(13,6-14)7-15-10(18)8-5-16-17-4-2-1-3-9(8)17;/h1-5H,6-7,14H2,(H,15,18);1H. The summed E-state index contributed by atoms with van der Waals surface area (Å²) in [5, 5.41) is 6.09. The third-order valence-electron chi connectivity index (χ3n) is 2.48. The Labute approximate surface area is 114 Å². The molecule has 2 aromatic rings. The van der Waals surface area contributed by atoms with Crippen LogP contribution in [0.25, 0.3) is 5.52 Å². The first-order valence-electron chi connectivity index (χ1n) is 5.32. The molecule has 2 rings (SSSR count). The molecule has 8 heteroatoms. The normalized spacial score (nSPS) is 11.1. The molecule has 0 fully saturated rings. The summed E-state index contributed by atoms with van der Waals surface area (Å²) in [6.07, 6.45) is 3.01. The van der Waals surface area contributed by atoms with Gasteiger partial charge >= 0.3 is 0 Å². The summed E-state index contributed by atoms with van der Waals surface area (Å²) in [4.78, 5) is 11.7. The van der Waals surface area contributed by atoms with Crippen LogP contribution in [0.1, 0.15) is 10.4 Å². The van der Waals surface area contributed by atoms with Gasteiger partial charge in [-0.15, -0.1) is 12.4 Å². The van der Waals surface area contributed by atoms with E-state index in [-0.39, 0.29) is 18.0 Å². The first-order chi connectivity index (χ1) is 8.53. The Balaban J connectivity index is 0.00000180. The van der Waals surface area contributed by atoms with Crippen LogP contribution in [0.15, 0.2) is 30.6 Å². The van der Waals surface area contributed by atoms with E-state index in [1.54, 1.807) is 24.4 Å². The molecule has 19 heavy (non-hydrogen) atoms. The molecule has 2 heterocycles. The number of nitrogens with one attached hydrogen (secondary N) is 1. The molecule has 0 aliphatic heterocycles. The van der Waals surface area contributed by atoms with Crippen LogP contribution in [0.2, 0.25) is 0 Å². The molecule has 0 aromatic carbocycles. The Kier molecular flexibility index (Phi) is 4.79. The number of nitrogens with zero attached hydrogens (tertiary/aromatic N) is 2. The SMILES string of the molecule is Cl.NCC(F)(F)CNC(=O)c1cnn2ccccc12. The highest BCUT2D eigenvalue weighted by Gasteiger charge is 2.27. The van der Waals surface area contributed by atoms with Crippen molar-refractivity contribution in [3.63, 3.8) is 0 Å². The Bertz CT molecular complexity index is 573. The van der Waals surface area contributed by atoms with E-state index in [4.69, 9.17) is 5.73 Å². The van der Waals surface area contributed by atoms with Crippen molar-refractivity contribution in [3.8, 4) is 0 Å². The topological polar surface area (TPSA) is 72.4 Å². The fourth-order valence-corrected chi connectivity index (χ4v) is 1.49. The zero-order chi connectivity index (χ0) is 13.2. The first-order valence-corrected chi connectivity index (χ1v) is 5.32. The van der Waals surface area contributed by atoms with E-state index in [0.717, 1.165) is 0 Å². The van der Waals surface area contributed by atoms with Crippen LogP contribution in [0.4, 0.5) is 8.78 Å². The lowest BCUT2D eigenvalue weighted by Crippen LogP contribution is -2.41. The molecule has 0 atom stereocenters. The Hall–Kier alpha value is -1.73. The molecule has 3 N–H and O–H groups in total. The quantitative estimate of drug-likeness (QED) is 0.885. The van der Waals surface area contributed by atoms with Gasteiger partial charge < -0.3 is 11.1 Å². The zero-order valence-electron chi connectivity index (χ0n) is 9.85. The summed E-state index contributed by atoms with van der Waals surface area (Å²) in [6.45, 7) is -1.59. The highest BCUT2D eigenvalue weighted by Crippen LogP contribution is 2.12. The molecule has 0 radical (unpaired) electrons. The second kappa shape index (κ2) is 5.94. The first kappa shape index (κ1) is 15.3. The molecule has 5 nitrogen and oxygen atoms in total. The van der Waals surface area contributed by atoms with E-state index < -0.39 is 24.9 Å². The van der Waals surface area contributed by atoms with E-state index in [1.165, 1.54) is 10.7 Å². The molecule has 0 unspecified atom stereocenters. The smallest absolute Gasteiger partial charge is 0.277 e. The van der Waals surface area contributed by atoms with Crippen molar-refractivity contribution in [2.24, 2.45) is 5.73 Å². The van der Waals surface area contributed by atoms with Crippen LogP contribution in [-0.4, -0.2) is 34.5 Å². The zero-order valence-corrected chi connectivity index (χ0v) is 10.7. The van der Waals surface area contributed by atoms with Gasteiger partial charge in [0.1, 0.15) is 0 Å². The van der Waals surface area contributed by atoms with E-state index in [9.17, 15) is 13.6 Å². The number of aromatic nitrogens is 2. The van der Waals surface area contributed by atoms with Crippen LogP contribution < -0.4 is 11.1 Å². The minimum absolute atomic E-state index is 0. The van der Waals surface area contributed by atoms with Gasteiger partial charge in [-0.05, 0) is 12.1 Å². The van der Waals surface area contributed by atoms with Crippen molar-refractivity contribution in [3.05, 3.63) is 36.2 Å². The molecular formula is C11H13ClF2N4O. The van der Waals surface area contributed by atoms with Crippen LogP contribution in [0, 0.1) is 0 Å². The van der Waals surface area contributed by atoms with Gasteiger partial charge in [0.05, 0.1) is 30.4 Å². The summed E-state index contributed by atoms with van der Waals surface area (Å²) in [5.41, 5.74) is 5.70. The molecule has 0 saturated carbocycles. The molecule has 0 aliphatic rings. The number of hydrogen-bond acceptors (Lipinski definition) is 3. The highest BCUT2D eigenvalue weighted by atomic mass is 35.5. The fourth-order valence-electron chi connectivity index (χ4n) is 1.49. The number of rotatable bonds is 4. The third kappa shape index (κ3) is 3.39. The maximum atomic E-state index is 12.9. The number of fused-ring (bicyclic) bond motifs is 1. The summed E-state index contributed by atoms with van der Waals surface area (Å²) in [6, 6.07) is 5.18. The summed E-state index contributed by atoms with van der Waals surface area (Å²) >= 11 is 0. The lowest BCUT2D eigenvalue weighted by atomic mass is 10.2. The van der Waals surface area contributed by atoms with Crippen molar-refractivity contribution in [2.45, 2.75) is 5.92 Å². The van der Waals surface area contributed by atoms with Gasteiger partial charge in [0, 0.05) is 6.20 Å². The van der Waals surface area contributed by atoms with Gasteiger partial charge in [-0.1, -0.05) is 6.07 Å². The lowest BCUT2D eigenvalue weighted by molar-refractivity contribution is 0.0119. The highest BCUT2D eigenvalue weighted by molar-refractivity contribution is 6.00. The molecule has 0 spiro atoms. The summed E-state index contributed by atoms with van der Waals surface area (Å²) in [7, 11) is 0.